The van der Waals surface area contributed by atoms with Crippen LogP contribution >= 0.6 is 0 Å². The number of hydrogen-bond donors (Lipinski definition) is 2. The number of ether oxygens (including phenoxy) is 2. The van der Waals surface area contributed by atoms with E-state index in [1.807, 2.05) is 30.3 Å². The van der Waals surface area contributed by atoms with Crippen molar-refractivity contribution in [2.45, 2.75) is 44.8 Å². The van der Waals surface area contributed by atoms with Crippen molar-refractivity contribution in [2.24, 2.45) is 5.92 Å². The third-order valence-corrected chi connectivity index (χ3v) is 7.52. The quantitative estimate of drug-likeness (QED) is 0.153. The molecule has 5 rings (SSSR count). The number of para-hydroxylation sites is 1. The molecule has 3 aromatic carbocycles. The minimum absolute atomic E-state index is 0.154. The summed E-state index contributed by atoms with van der Waals surface area (Å²) in [6.07, 6.45) is -0.617. The number of carbonyl (C=O) groups excluding carboxylic acids is 1. The van der Waals surface area contributed by atoms with Crippen LogP contribution in [0, 0.1) is 17.2 Å². The van der Waals surface area contributed by atoms with Crippen LogP contribution in [-0.2, 0) is 6.18 Å². The van der Waals surface area contributed by atoms with Crippen molar-refractivity contribution in [2.75, 3.05) is 25.6 Å². The first-order valence-electron chi connectivity index (χ1n) is 14.8. The van der Waals surface area contributed by atoms with E-state index in [1.54, 1.807) is 25.3 Å². The Balaban J connectivity index is 1.48. The first kappa shape index (κ1) is 31.6. The molecule has 0 bridgehead atoms. The fourth-order valence-electron chi connectivity index (χ4n) is 4.98. The topological polar surface area (TPSA) is 101 Å². The lowest BCUT2D eigenvalue weighted by Crippen LogP contribution is -2.25. The van der Waals surface area contributed by atoms with Gasteiger partial charge in [-0.2, -0.15) is 23.5 Å². The summed E-state index contributed by atoms with van der Waals surface area (Å²) >= 11 is 0. The summed E-state index contributed by atoms with van der Waals surface area (Å²) in [5, 5.41) is 19.4. The minimum atomic E-state index is -4.78. The summed E-state index contributed by atoms with van der Waals surface area (Å²) < 4.78 is 53.8. The molecular weight excluding hydrogens is 583 g/mol. The highest BCUT2D eigenvalue weighted by atomic mass is 19.4. The molecule has 1 amide bonds. The summed E-state index contributed by atoms with van der Waals surface area (Å²) in [7, 11) is 1.60. The Morgan fingerprint density at radius 1 is 1.11 bits per heavy atom. The van der Waals surface area contributed by atoms with Crippen LogP contribution in [0.5, 0.6) is 11.5 Å². The normalized spacial score (nSPS) is 13.6. The molecule has 0 aliphatic heterocycles. The van der Waals surface area contributed by atoms with Crippen LogP contribution in [0.4, 0.5) is 18.9 Å². The van der Waals surface area contributed by atoms with Crippen molar-refractivity contribution in [3.8, 4) is 23.3 Å². The number of nitriles is 1. The molecule has 1 saturated carbocycles. The predicted molar refractivity (Wildman–Crippen MR) is 164 cm³/mol. The van der Waals surface area contributed by atoms with Gasteiger partial charge in [-0.1, -0.05) is 43.7 Å². The zero-order valence-corrected chi connectivity index (χ0v) is 25.0. The molecule has 0 spiro atoms. The lowest BCUT2D eigenvalue weighted by Gasteiger charge is -2.24. The third-order valence-electron chi connectivity index (χ3n) is 7.52. The number of halogens is 3. The molecule has 1 fully saturated rings. The van der Waals surface area contributed by atoms with Crippen molar-refractivity contribution in [1.82, 2.24) is 15.1 Å². The molecule has 45 heavy (non-hydrogen) atoms. The molecule has 1 aliphatic rings. The van der Waals surface area contributed by atoms with Gasteiger partial charge in [0.2, 0.25) is 0 Å². The van der Waals surface area contributed by atoms with Gasteiger partial charge in [0.25, 0.3) is 5.91 Å². The summed E-state index contributed by atoms with van der Waals surface area (Å²) in [4.78, 5) is 13.5. The lowest BCUT2D eigenvalue weighted by atomic mass is 9.96. The number of carbonyl (C=O) groups is 1. The highest BCUT2D eigenvalue weighted by molar-refractivity contribution is 6.03. The Labute approximate surface area is 259 Å². The minimum Gasteiger partial charge on any atom is -0.493 e. The molecule has 2 N–H and O–H groups in total. The Kier molecular flexibility index (Phi) is 9.74. The maximum Gasteiger partial charge on any atom is 0.435 e. The fourth-order valence-corrected chi connectivity index (χ4v) is 4.98. The number of aromatic nitrogens is 2. The van der Waals surface area contributed by atoms with E-state index in [0.29, 0.717) is 35.8 Å². The number of methoxy groups -OCH3 is 1. The van der Waals surface area contributed by atoms with Crippen molar-refractivity contribution < 1.29 is 27.4 Å². The molecule has 0 radical (unpaired) electrons. The van der Waals surface area contributed by atoms with Crippen LogP contribution in [0.2, 0.25) is 0 Å². The number of benzene rings is 3. The Bertz CT molecular complexity index is 1690. The predicted octanol–water partition coefficient (Wildman–Crippen LogP) is 7.29. The number of unbranched alkanes of at least 4 members (excludes halogenated alkanes) is 1. The van der Waals surface area contributed by atoms with Gasteiger partial charge in [-0.25, -0.2) is 4.68 Å². The van der Waals surface area contributed by atoms with Crippen LogP contribution in [-0.4, -0.2) is 35.9 Å². The van der Waals surface area contributed by atoms with Gasteiger partial charge in [0.1, 0.15) is 5.69 Å². The van der Waals surface area contributed by atoms with Crippen LogP contribution in [0.15, 0.2) is 72.8 Å². The highest BCUT2D eigenvalue weighted by Gasteiger charge is 2.36. The van der Waals surface area contributed by atoms with E-state index in [-0.39, 0.29) is 23.0 Å². The summed E-state index contributed by atoms with van der Waals surface area (Å²) in [6.45, 7) is 3.40. The fraction of sp³-hybridized carbons (Fsp3) is 0.324. The van der Waals surface area contributed by atoms with E-state index in [1.165, 1.54) is 24.3 Å². The Morgan fingerprint density at radius 2 is 1.89 bits per heavy atom. The SMILES string of the molecule is CCCCOc1c(OC)cccc1C(NCC1CC1)c1cccc(NC(=O)c2cc(C(F)(F)F)nn2-c2cccc(C#N)c2)c1. The van der Waals surface area contributed by atoms with Gasteiger partial charge in [0.15, 0.2) is 17.2 Å². The largest absolute Gasteiger partial charge is 0.493 e. The van der Waals surface area contributed by atoms with E-state index in [2.05, 4.69) is 22.7 Å². The summed E-state index contributed by atoms with van der Waals surface area (Å²) in [5.74, 6) is 1.04. The third kappa shape index (κ3) is 7.64. The molecular formula is C34H34F3N5O3. The number of rotatable bonds is 13. The number of anilines is 1. The van der Waals surface area contributed by atoms with Gasteiger partial charge in [-0.15, -0.1) is 0 Å². The van der Waals surface area contributed by atoms with Crippen LogP contribution in [0.3, 0.4) is 0 Å². The van der Waals surface area contributed by atoms with Gasteiger partial charge < -0.3 is 20.1 Å². The van der Waals surface area contributed by atoms with E-state index >= 15 is 0 Å². The maximum absolute atomic E-state index is 13.7. The smallest absolute Gasteiger partial charge is 0.435 e. The highest BCUT2D eigenvalue weighted by Crippen LogP contribution is 2.39. The standard InChI is InChI=1S/C34H34F3N5O3/c1-3-4-16-45-32-27(12-7-13-29(32)44-2)31(39-21-22-14-15-22)24-9-6-10-25(18-24)40-33(43)28-19-30(34(35,36)37)41-42(28)26-11-5-8-23(17-26)20-38/h5-13,17-19,22,31,39H,3-4,14-16,21H2,1-2H3,(H,40,43). The van der Waals surface area contributed by atoms with Crippen molar-refractivity contribution in [3.05, 3.63) is 101 Å². The molecule has 1 aromatic heterocycles. The number of hydrogen-bond acceptors (Lipinski definition) is 6. The first-order valence-corrected chi connectivity index (χ1v) is 14.8. The van der Waals surface area contributed by atoms with Gasteiger partial charge in [0, 0.05) is 17.3 Å². The second kappa shape index (κ2) is 13.9. The molecule has 4 aromatic rings. The van der Waals surface area contributed by atoms with E-state index in [9.17, 15) is 23.2 Å². The molecule has 8 nitrogen and oxygen atoms in total. The van der Waals surface area contributed by atoms with Crippen LogP contribution in [0.25, 0.3) is 5.69 Å². The molecule has 1 atom stereocenters. The average Bonchev–Trinajstić information content (AvgIpc) is 3.75. The summed E-state index contributed by atoms with van der Waals surface area (Å²) in [6, 6.07) is 21.1. The van der Waals surface area contributed by atoms with Gasteiger partial charge in [-0.05, 0) is 73.7 Å². The molecule has 234 valence electrons. The molecule has 11 heteroatoms. The van der Waals surface area contributed by atoms with Gasteiger partial charge >= 0.3 is 6.18 Å². The van der Waals surface area contributed by atoms with Gasteiger partial charge in [-0.3, -0.25) is 4.79 Å². The molecule has 1 aliphatic carbocycles. The van der Waals surface area contributed by atoms with Crippen molar-refractivity contribution in [1.29, 1.82) is 5.26 Å². The maximum atomic E-state index is 13.7. The second-order valence-corrected chi connectivity index (χ2v) is 10.9. The number of alkyl halides is 3. The average molecular weight is 618 g/mol. The number of nitrogens with zero attached hydrogens (tertiary/aromatic N) is 3. The second-order valence-electron chi connectivity index (χ2n) is 10.9. The number of amides is 1. The Hall–Kier alpha value is -4.82. The molecule has 0 saturated heterocycles. The lowest BCUT2D eigenvalue weighted by molar-refractivity contribution is -0.141. The first-order chi connectivity index (χ1) is 21.7. The van der Waals surface area contributed by atoms with E-state index in [0.717, 1.165) is 48.0 Å². The zero-order valence-electron chi connectivity index (χ0n) is 25.0. The van der Waals surface area contributed by atoms with E-state index in [4.69, 9.17) is 9.47 Å². The summed E-state index contributed by atoms with van der Waals surface area (Å²) in [5.41, 5.74) is 0.914. The van der Waals surface area contributed by atoms with Gasteiger partial charge in [0.05, 0.1) is 37.1 Å². The molecule has 1 heterocycles. The molecule has 1 unspecified atom stereocenters. The zero-order chi connectivity index (χ0) is 32.0. The Morgan fingerprint density at radius 3 is 2.60 bits per heavy atom. The number of nitrogens with one attached hydrogen (secondary N) is 2. The monoisotopic (exact) mass is 617 g/mol. The van der Waals surface area contributed by atoms with Crippen LogP contribution < -0.4 is 20.1 Å². The van der Waals surface area contributed by atoms with Crippen molar-refractivity contribution >= 4 is 11.6 Å². The van der Waals surface area contributed by atoms with Crippen molar-refractivity contribution in [3.63, 3.8) is 0 Å². The van der Waals surface area contributed by atoms with Crippen LogP contribution in [0.1, 0.15) is 71.5 Å². The van der Waals surface area contributed by atoms with E-state index < -0.39 is 17.8 Å².